The first-order valence-electron chi connectivity index (χ1n) is 10.7. The summed E-state index contributed by atoms with van der Waals surface area (Å²) in [6.45, 7) is 4.79. The van der Waals surface area contributed by atoms with Crippen molar-refractivity contribution in [1.82, 2.24) is 14.5 Å². The van der Waals surface area contributed by atoms with Crippen LogP contribution in [0.3, 0.4) is 0 Å². The van der Waals surface area contributed by atoms with Crippen molar-refractivity contribution in [3.63, 3.8) is 0 Å². The average Bonchev–Trinajstić information content (AvgIpc) is 3.44. The van der Waals surface area contributed by atoms with Gasteiger partial charge < -0.3 is 14.8 Å². The number of ether oxygens (including phenoxy) is 2. The van der Waals surface area contributed by atoms with Crippen molar-refractivity contribution in [2.75, 3.05) is 18.5 Å². The number of carbonyl (C=O) groups is 3. The van der Waals surface area contributed by atoms with E-state index in [-0.39, 0.29) is 11.8 Å². The predicted octanol–water partition coefficient (Wildman–Crippen LogP) is 4.08. The van der Waals surface area contributed by atoms with Crippen LogP contribution in [0.1, 0.15) is 52.8 Å². The van der Waals surface area contributed by atoms with Crippen molar-refractivity contribution in [2.24, 2.45) is 0 Å². The third-order valence-electron chi connectivity index (χ3n) is 5.17. The molecule has 4 rings (SSSR count). The summed E-state index contributed by atoms with van der Waals surface area (Å²) in [6, 6.07) is 11.8. The van der Waals surface area contributed by atoms with E-state index in [1.54, 1.807) is 36.4 Å². The maximum absolute atomic E-state index is 13.1. The Hall–Kier alpha value is -4.14. The molecule has 0 spiro atoms. The van der Waals surface area contributed by atoms with Gasteiger partial charge in [0.2, 0.25) is 6.23 Å². The fourth-order valence-corrected chi connectivity index (χ4v) is 3.64. The number of carbonyl (C=O) groups excluding carboxylic acids is 3. The van der Waals surface area contributed by atoms with E-state index in [2.05, 4.69) is 10.3 Å². The molecule has 1 atom stereocenters. The molecule has 0 aliphatic carbocycles. The summed E-state index contributed by atoms with van der Waals surface area (Å²) in [5.41, 5.74) is 1.81. The number of imidazole rings is 1. The summed E-state index contributed by atoms with van der Waals surface area (Å²) in [7, 11) is 0. The van der Waals surface area contributed by atoms with Crippen LogP contribution in [0.25, 0.3) is 0 Å². The van der Waals surface area contributed by atoms with Crippen LogP contribution in [0.5, 0.6) is 5.75 Å². The van der Waals surface area contributed by atoms with Crippen LogP contribution in [0, 0.1) is 0 Å². The Morgan fingerprint density at radius 3 is 2.58 bits per heavy atom. The number of aromatic nitrogens is 2. The molecule has 33 heavy (non-hydrogen) atoms. The molecule has 1 aliphatic heterocycles. The Morgan fingerprint density at radius 1 is 1.12 bits per heavy atom. The molecule has 1 N–H and O–H groups in total. The lowest BCUT2D eigenvalue weighted by Gasteiger charge is -2.24. The highest BCUT2D eigenvalue weighted by Gasteiger charge is 2.39. The van der Waals surface area contributed by atoms with Crippen LogP contribution in [-0.4, -0.2) is 45.5 Å². The zero-order chi connectivity index (χ0) is 23.4. The second-order valence-corrected chi connectivity index (χ2v) is 7.42. The molecule has 1 unspecified atom stereocenters. The minimum absolute atomic E-state index is 0.286. The van der Waals surface area contributed by atoms with E-state index in [9.17, 15) is 14.4 Å². The lowest BCUT2D eigenvalue weighted by molar-refractivity contribution is 0.00287. The van der Waals surface area contributed by atoms with Crippen LogP contribution >= 0.6 is 0 Å². The van der Waals surface area contributed by atoms with Gasteiger partial charge in [0.05, 0.1) is 6.61 Å². The van der Waals surface area contributed by atoms with Gasteiger partial charge in [0.15, 0.2) is 0 Å². The van der Waals surface area contributed by atoms with Gasteiger partial charge in [-0.15, -0.1) is 0 Å². The summed E-state index contributed by atoms with van der Waals surface area (Å²) >= 11 is 0. The molecule has 170 valence electrons. The van der Waals surface area contributed by atoms with E-state index >= 15 is 0 Å². The third kappa shape index (κ3) is 4.57. The van der Waals surface area contributed by atoms with Gasteiger partial charge in [-0.3, -0.25) is 14.5 Å². The van der Waals surface area contributed by atoms with Gasteiger partial charge in [-0.2, -0.15) is 0 Å². The highest BCUT2D eigenvalue weighted by atomic mass is 16.6. The Morgan fingerprint density at radius 2 is 1.91 bits per heavy atom. The molecule has 0 saturated heterocycles. The van der Waals surface area contributed by atoms with E-state index in [0.717, 1.165) is 0 Å². The molecule has 0 saturated carbocycles. The maximum Gasteiger partial charge on any atom is 0.421 e. The number of benzene rings is 2. The summed E-state index contributed by atoms with van der Waals surface area (Å²) < 4.78 is 12.2. The first-order valence-corrected chi connectivity index (χ1v) is 10.7. The molecule has 0 radical (unpaired) electrons. The molecular formula is C24H24N4O5. The lowest BCUT2D eigenvalue weighted by atomic mass is 10.0. The van der Waals surface area contributed by atoms with Crippen LogP contribution in [-0.2, 0) is 4.74 Å². The number of nitrogens with zero attached hydrogens (tertiary/aromatic N) is 3. The second kappa shape index (κ2) is 9.56. The smallest absolute Gasteiger partial charge is 0.421 e. The summed E-state index contributed by atoms with van der Waals surface area (Å²) in [6.07, 6.45) is 3.44. The molecule has 2 heterocycles. The standard InChI is InChI=1S/C24H24N4O5/c1-3-12-28-22(30)20-14-16(21(29)26-17-6-8-18(9-7-17)32-4-2)5-10-19(20)23(28)33-24(31)27-13-11-25-15-27/h5-11,13-15,23H,3-4,12H2,1-2H3,(H,26,29). The molecule has 9 heteroatoms. The number of hydrogen-bond acceptors (Lipinski definition) is 6. The SMILES string of the molecule is CCCN1C(=O)c2cc(C(=O)Nc3ccc(OCC)cc3)ccc2C1OC(=O)n1ccnc1. The van der Waals surface area contributed by atoms with Crippen LogP contribution < -0.4 is 10.1 Å². The maximum atomic E-state index is 13.1. The zero-order valence-corrected chi connectivity index (χ0v) is 18.4. The van der Waals surface area contributed by atoms with Crippen LogP contribution in [0.4, 0.5) is 10.5 Å². The normalized spacial score (nSPS) is 14.7. The molecule has 9 nitrogen and oxygen atoms in total. The first kappa shape index (κ1) is 22.1. The Bertz CT molecular complexity index is 1160. The molecule has 1 aliphatic rings. The van der Waals surface area contributed by atoms with Crippen LogP contribution in [0.15, 0.2) is 61.2 Å². The molecule has 0 bridgehead atoms. The van der Waals surface area contributed by atoms with Crippen molar-refractivity contribution in [1.29, 1.82) is 0 Å². The third-order valence-corrected chi connectivity index (χ3v) is 5.17. The summed E-state index contributed by atoms with van der Waals surface area (Å²) in [5, 5.41) is 2.82. The highest BCUT2D eigenvalue weighted by molar-refractivity contribution is 6.07. The van der Waals surface area contributed by atoms with E-state index in [1.807, 2.05) is 13.8 Å². The van der Waals surface area contributed by atoms with Crippen molar-refractivity contribution < 1.29 is 23.9 Å². The largest absolute Gasteiger partial charge is 0.494 e. The number of fused-ring (bicyclic) bond motifs is 1. The van der Waals surface area contributed by atoms with Crippen molar-refractivity contribution >= 4 is 23.6 Å². The lowest BCUT2D eigenvalue weighted by Crippen LogP contribution is -2.32. The number of hydrogen-bond donors (Lipinski definition) is 1. The first-order chi connectivity index (χ1) is 16.0. The molecular weight excluding hydrogens is 424 g/mol. The average molecular weight is 448 g/mol. The molecule has 1 aromatic heterocycles. The minimum Gasteiger partial charge on any atom is -0.494 e. The number of amides is 2. The van der Waals surface area contributed by atoms with E-state index in [0.29, 0.717) is 47.7 Å². The second-order valence-electron chi connectivity index (χ2n) is 7.42. The topological polar surface area (TPSA) is 103 Å². The quantitative estimate of drug-likeness (QED) is 0.584. The minimum atomic E-state index is -0.870. The van der Waals surface area contributed by atoms with Gasteiger partial charge >= 0.3 is 6.09 Å². The van der Waals surface area contributed by atoms with Crippen molar-refractivity contribution in [3.8, 4) is 5.75 Å². The van der Waals surface area contributed by atoms with Crippen LogP contribution in [0.2, 0.25) is 0 Å². The summed E-state index contributed by atoms with van der Waals surface area (Å²) in [4.78, 5) is 43.7. The van der Waals surface area contributed by atoms with Crippen molar-refractivity contribution in [3.05, 3.63) is 77.9 Å². The van der Waals surface area contributed by atoms with Gasteiger partial charge in [-0.05, 0) is 49.7 Å². The Labute approximate surface area is 190 Å². The summed E-state index contributed by atoms with van der Waals surface area (Å²) in [5.74, 6) is 0.0765. The Balaban J connectivity index is 1.55. The van der Waals surface area contributed by atoms with E-state index < -0.39 is 12.3 Å². The van der Waals surface area contributed by atoms with E-state index in [4.69, 9.17) is 9.47 Å². The monoisotopic (exact) mass is 448 g/mol. The fraction of sp³-hybridized carbons (Fsp3) is 0.250. The van der Waals surface area contributed by atoms with Gasteiger partial charge in [-0.25, -0.2) is 14.3 Å². The highest BCUT2D eigenvalue weighted by Crippen LogP contribution is 2.35. The predicted molar refractivity (Wildman–Crippen MR) is 120 cm³/mol. The molecule has 3 aromatic rings. The molecule has 2 amide bonds. The van der Waals surface area contributed by atoms with Gasteiger partial charge in [-0.1, -0.05) is 13.0 Å². The van der Waals surface area contributed by atoms with Crippen molar-refractivity contribution in [2.45, 2.75) is 26.5 Å². The number of anilines is 1. The van der Waals surface area contributed by atoms with E-state index in [1.165, 1.54) is 34.3 Å². The van der Waals surface area contributed by atoms with Gasteiger partial charge in [0.25, 0.3) is 11.8 Å². The number of nitrogens with one attached hydrogen (secondary N) is 1. The van der Waals surface area contributed by atoms with Gasteiger partial charge in [0.1, 0.15) is 12.1 Å². The Kier molecular flexibility index (Phi) is 6.39. The van der Waals surface area contributed by atoms with Gasteiger partial charge in [0, 0.05) is 41.3 Å². The molecule has 0 fully saturated rings. The number of rotatable bonds is 7. The zero-order valence-electron chi connectivity index (χ0n) is 18.4. The molecule has 2 aromatic carbocycles. The fourth-order valence-electron chi connectivity index (χ4n) is 3.64.